The van der Waals surface area contributed by atoms with E-state index in [-0.39, 0.29) is 0 Å². The average molecular weight is 213 g/mol. The highest BCUT2D eigenvalue weighted by Crippen LogP contribution is 2.35. The lowest BCUT2D eigenvalue weighted by molar-refractivity contribution is -0.145. The minimum Gasteiger partial charge on any atom is -0.370 e. The van der Waals surface area contributed by atoms with Crippen molar-refractivity contribution in [3.8, 4) is 0 Å². The maximum absolute atomic E-state index is 10.5. The molecular formula is C3H8N3O6P. The molecule has 76 valence electrons. The van der Waals surface area contributed by atoms with E-state index in [0.29, 0.717) is 0 Å². The number of phosphoric acid groups is 1. The smallest absolute Gasteiger partial charge is 0.370 e. The molecule has 1 atom stereocenters. The molecule has 0 saturated carbocycles. The first kappa shape index (κ1) is 11.8. The number of guanidine groups is 1. The van der Waals surface area contributed by atoms with Gasteiger partial charge in [-0.3, -0.25) is 15.2 Å². The standard InChI is InChI=1S/C3H8N3O6P/c4-3(5)6-1(7)2(8)12-13(9,10)11/h1,7H,(H4,4,5,6)(H2,9,10,11). The van der Waals surface area contributed by atoms with Crippen LogP contribution in [0, 0.1) is 5.41 Å². The van der Waals surface area contributed by atoms with Gasteiger partial charge in [0.25, 0.3) is 0 Å². The zero-order valence-corrected chi connectivity index (χ0v) is 7.06. The molecule has 10 heteroatoms. The van der Waals surface area contributed by atoms with Crippen LogP contribution in [0.15, 0.2) is 0 Å². The van der Waals surface area contributed by atoms with Crippen LogP contribution >= 0.6 is 7.82 Å². The fourth-order valence-electron chi connectivity index (χ4n) is 0.373. The number of rotatable bonds is 3. The van der Waals surface area contributed by atoms with Crippen molar-refractivity contribution in [2.45, 2.75) is 6.23 Å². The van der Waals surface area contributed by atoms with Gasteiger partial charge in [0.1, 0.15) is 0 Å². The molecule has 0 aromatic rings. The lowest BCUT2D eigenvalue weighted by atomic mass is 10.6. The number of carbonyl (C=O) groups excluding carboxylic acids is 1. The summed E-state index contributed by atoms with van der Waals surface area (Å²) in [7, 11) is -4.98. The summed E-state index contributed by atoms with van der Waals surface area (Å²) >= 11 is 0. The number of nitrogens with two attached hydrogens (primary N) is 1. The molecule has 0 aromatic carbocycles. The topological polar surface area (TPSA) is 166 Å². The van der Waals surface area contributed by atoms with Crippen LogP contribution in [0.3, 0.4) is 0 Å². The van der Waals surface area contributed by atoms with Gasteiger partial charge in [-0.25, -0.2) is 9.36 Å². The molecule has 0 aliphatic rings. The van der Waals surface area contributed by atoms with Crippen LogP contribution < -0.4 is 11.1 Å². The normalized spacial score (nSPS) is 13.2. The fourth-order valence-corrected chi connectivity index (χ4v) is 0.708. The van der Waals surface area contributed by atoms with E-state index in [9.17, 15) is 9.36 Å². The molecule has 7 N–H and O–H groups in total. The predicted octanol–water partition coefficient (Wildman–Crippen LogP) is -2.58. The molecule has 9 nitrogen and oxygen atoms in total. The first-order valence-electron chi connectivity index (χ1n) is 2.80. The molecular weight excluding hydrogens is 205 g/mol. The SMILES string of the molecule is N=C(N)NC(O)C(=O)OP(=O)(O)O. The van der Waals surface area contributed by atoms with Gasteiger partial charge in [-0.2, -0.15) is 0 Å². The lowest BCUT2D eigenvalue weighted by Crippen LogP contribution is -2.44. The van der Waals surface area contributed by atoms with Gasteiger partial charge >= 0.3 is 13.8 Å². The van der Waals surface area contributed by atoms with Crippen LogP contribution in [-0.4, -0.2) is 33.1 Å². The van der Waals surface area contributed by atoms with Crippen molar-refractivity contribution in [2.75, 3.05) is 0 Å². The van der Waals surface area contributed by atoms with Gasteiger partial charge < -0.3 is 20.7 Å². The van der Waals surface area contributed by atoms with Gasteiger partial charge in [0, 0.05) is 0 Å². The van der Waals surface area contributed by atoms with Crippen molar-refractivity contribution < 1.29 is 28.8 Å². The molecule has 0 spiro atoms. The van der Waals surface area contributed by atoms with Crippen LogP contribution in [0.2, 0.25) is 0 Å². The molecule has 0 bridgehead atoms. The monoisotopic (exact) mass is 213 g/mol. The molecule has 0 radical (unpaired) electrons. The number of aliphatic hydroxyl groups excluding tert-OH is 1. The maximum atomic E-state index is 10.5. The van der Waals surface area contributed by atoms with Crippen LogP contribution in [0.1, 0.15) is 0 Å². The van der Waals surface area contributed by atoms with Gasteiger partial charge in [0.05, 0.1) is 0 Å². The van der Waals surface area contributed by atoms with Gasteiger partial charge in [-0.15, -0.1) is 0 Å². The Morgan fingerprint density at radius 2 is 2.08 bits per heavy atom. The number of aliphatic hydroxyl groups is 1. The molecule has 0 aromatic heterocycles. The first-order valence-corrected chi connectivity index (χ1v) is 4.33. The molecule has 0 amide bonds. The molecule has 13 heavy (non-hydrogen) atoms. The van der Waals surface area contributed by atoms with Gasteiger partial charge in [0.15, 0.2) is 5.96 Å². The first-order chi connectivity index (χ1) is 5.72. The van der Waals surface area contributed by atoms with E-state index in [0.717, 1.165) is 0 Å². The van der Waals surface area contributed by atoms with Crippen molar-refractivity contribution in [1.29, 1.82) is 5.41 Å². The number of nitrogens with one attached hydrogen (secondary N) is 2. The third-order valence-electron chi connectivity index (χ3n) is 0.724. The number of carbonyl (C=O) groups is 1. The largest absolute Gasteiger partial charge is 0.527 e. The Labute approximate surface area is 72.3 Å². The summed E-state index contributed by atoms with van der Waals surface area (Å²) in [5.41, 5.74) is 4.71. The summed E-state index contributed by atoms with van der Waals surface area (Å²) in [5.74, 6) is -2.36. The Morgan fingerprint density at radius 1 is 1.62 bits per heavy atom. The Balaban J connectivity index is 4.12. The summed E-state index contributed by atoms with van der Waals surface area (Å²) in [5, 5.41) is 16.9. The zero-order chi connectivity index (χ0) is 10.6. The van der Waals surface area contributed by atoms with Gasteiger partial charge in [-0.05, 0) is 0 Å². The van der Waals surface area contributed by atoms with Crippen LogP contribution in [-0.2, 0) is 13.9 Å². The summed E-state index contributed by atoms with van der Waals surface area (Å²) < 4.78 is 13.5. The molecule has 0 rings (SSSR count). The molecule has 0 fully saturated rings. The number of hydrogen-bond acceptors (Lipinski definition) is 5. The second-order valence-corrected chi connectivity index (χ2v) is 3.03. The van der Waals surface area contributed by atoms with Crippen molar-refractivity contribution in [1.82, 2.24) is 5.32 Å². The predicted molar refractivity (Wildman–Crippen MR) is 39.2 cm³/mol. The zero-order valence-electron chi connectivity index (χ0n) is 6.17. The fraction of sp³-hybridized carbons (Fsp3) is 0.333. The minimum absolute atomic E-state index is 0.741. The van der Waals surface area contributed by atoms with Gasteiger partial charge in [0.2, 0.25) is 6.23 Å². The van der Waals surface area contributed by atoms with Crippen LogP contribution in [0.25, 0.3) is 0 Å². The minimum atomic E-state index is -4.98. The molecule has 1 unspecified atom stereocenters. The highest BCUT2D eigenvalue weighted by Gasteiger charge is 2.26. The Hall–Kier alpha value is -1.15. The molecule has 0 heterocycles. The lowest BCUT2D eigenvalue weighted by Gasteiger charge is -2.11. The summed E-state index contributed by atoms with van der Waals surface area (Å²) in [4.78, 5) is 26.7. The third-order valence-corrected chi connectivity index (χ3v) is 1.14. The Bertz CT molecular complexity index is 260. The van der Waals surface area contributed by atoms with Crippen molar-refractivity contribution >= 4 is 19.8 Å². The number of phosphoric ester groups is 1. The summed E-state index contributed by atoms with van der Waals surface area (Å²) in [6.07, 6.45) is -2.08. The number of hydrogen-bond donors (Lipinski definition) is 6. The van der Waals surface area contributed by atoms with Crippen molar-refractivity contribution in [3.05, 3.63) is 0 Å². The van der Waals surface area contributed by atoms with E-state index >= 15 is 0 Å². The molecule has 0 aliphatic heterocycles. The Kier molecular flexibility index (Phi) is 3.82. The van der Waals surface area contributed by atoms with E-state index in [1.807, 2.05) is 0 Å². The van der Waals surface area contributed by atoms with E-state index in [1.54, 1.807) is 5.32 Å². The second-order valence-electron chi connectivity index (χ2n) is 1.86. The van der Waals surface area contributed by atoms with Crippen LogP contribution in [0.4, 0.5) is 0 Å². The summed E-state index contributed by atoms with van der Waals surface area (Å²) in [6, 6.07) is 0. The van der Waals surface area contributed by atoms with Crippen molar-refractivity contribution in [3.63, 3.8) is 0 Å². The second kappa shape index (κ2) is 4.19. The highest BCUT2D eigenvalue weighted by atomic mass is 31.2. The summed E-state index contributed by atoms with van der Waals surface area (Å²) in [6.45, 7) is 0. The van der Waals surface area contributed by atoms with Crippen LogP contribution in [0.5, 0.6) is 0 Å². The Morgan fingerprint density at radius 3 is 2.38 bits per heavy atom. The molecule has 0 saturated heterocycles. The third kappa shape index (κ3) is 6.05. The van der Waals surface area contributed by atoms with E-state index in [1.165, 1.54) is 0 Å². The van der Waals surface area contributed by atoms with Crippen molar-refractivity contribution in [2.24, 2.45) is 5.73 Å². The quantitative estimate of drug-likeness (QED) is 0.129. The van der Waals surface area contributed by atoms with E-state index < -0.39 is 26.0 Å². The van der Waals surface area contributed by atoms with Gasteiger partial charge in [-0.1, -0.05) is 0 Å². The van der Waals surface area contributed by atoms with E-state index in [2.05, 4.69) is 4.52 Å². The highest BCUT2D eigenvalue weighted by molar-refractivity contribution is 7.46. The van der Waals surface area contributed by atoms with E-state index in [4.69, 9.17) is 26.0 Å². The average Bonchev–Trinajstić information content (AvgIpc) is 1.81. The maximum Gasteiger partial charge on any atom is 0.527 e. The molecule has 0 aliphatic carbocycles.